The largest absolute Gasteiger partial charge is 0.372 e. The van der Waals surface area contributed by atoms with Gasteiger partial charge in [-0.1, -0.05) is 25.4 Å². The zero-order valence-electron chi connectivity index (χ0n) is 17.3. The standard InChI is InChI=1S/C22H24ClN5O2/c1-12-7-18-24-11-15-14(9-22(2,3)20(15)28(18)27-12)21(29)26-13-8-16(23)19(25-10-13)17-5-4-6-30-17/h7-8,10-11,14,17H,4-6,9H2,1-3H3,(H,26,29)/t14-,17+/m1/s1. The summed E-state index contributed by atoms with van der Waals surface area (Å²) < 4.78 is 7.55. The lowest BCUT2D eigenvalue weighted by Crippen LogP contribution is -2.21. The molecule has 0 bridgehead atoms. The van der Waals surface area contributed by atoms with Crippen LogP contribution in [0.3, 0.4) is 0 Å². The number of ether oxygens (including phenoxy) is 1. The van der Waals surface area contributed by atoms with E-state index in [-0.39, 0.29) is 23.3 Å². The Bertz CT molecular complexity index is 1150. The lowest BCUT2D eigenvalue weighted by atomic mass is 9.88. The maximum Gasteiger partial charge on any atom is 0.232 e. The average molecular weight is 426 g/mol. The van der Waals surface area contributed by atoms with Crippen molar-refractivity contribution in [2.45, 2.75) is 57.5 Å². The number of amides is 1. The molecule has 0 unspecified atom stereocenters. The van der Waals surface area contributed by atoms with E-state index in [0.717, 1.165) is 47.7 Å². The van der Waals surface area contributed by atoms with Gasteiger partial charge in [0.15, 0.2) is 5.65 Å². The number of rotatable bonds is 3. The second kappa shape index (κ2) is 7.03. The predicted octanol–water partition coefficient (Wildman–Crippen LogP) is 4.34. The summed E-state index contributed by atoms with van der Waals surface area (Å²) in [5.41, 5.74) is 4.81. The molecular formula is C22H24ClN5O2. The van der Waals surface area contributed by atoms with Gasteiger partial charge in [0, 0.05) is 29.8 Å². The Hall–Kier alpha value is -2.51. The molecular weight excluding hydrogens is 402 g/mol. The lowest BCUT2D eigenvalue weighted by molar-refractivity contribution is -0.117. The first-order chi connectivity index (χ1) is 14.3. The predicted molar refractivity (Wildman–Crippen MR) is 114 cm³/mol. The number of carbonyl (C=O) groups excluding carboxylic acids is 1. The van der Waals surface area contributed by atoms with Crippen molar-refractivity contribution in [2.24, 2.45) is 0 Å². The monoisotopic (exact) mass is 425 g/mol. The Morgan fingerprint density at radius 2 is 2.13 bits per heavy atom. The Morgan fingerprint density at radius 1 is 1.30 bits per heavy atom. The van der Waals surface area contributed by atoms with E-state index in [1.54, 1.807) is 12.3 Å². The van der Waals surface area contributed by atoms with E-state index in [0.29, 0.717) is 17.1 Å². The third-order valence-electron chi connectivity index (χ3n) is 6.05. The molecule has 2 aliphatic rings. The van der Waals surface area contributed by atoms with E-state index >= 15 is 0 Å². The first-order valence-electron chi connectivity index (χ1n) is 10.3. The SMILES string of the molecule is Cc1cc2ncc3c(n2n1)C(C)(C)C[C@H]3C(=O)Nc1cnc([C@@H]2CCCO2)c(Cl)c1. The number of nitrogens with one attached hydrogen (secondary N) is 1. The second-order valence-electron chi connectivity index (χ2n) is 8.84. The Kier molecular flexibility index (Phi) is 4.56. The molecule has 5 rings (SSSR count). The van der Waals surface area contributed by atoms with E-state index in [2.05, 4.69) is 34.2 Å². The number of pyridine rings is 1. The van der Waals surface area contributed by atoms with Gasteiger partial charge in [0.1, 0.15) is 6.10 Å². The average Bonchev–Trinajstić information content (AvgIpc) is 3.39. The van der Waals surface area contributed by atoms with Crippen molar-refractivity contribution in [2.75, 3.05) is 11.9 Å². The number of hydrogen-bond donors (Lipinski definition) is 1. The van der Waals surface area contributed by atoms with E-state index in [4.69, 9.17) is 16.3 Å². The van der Waals surface area contributed by atoms with Gasteiger partial charge >= 0.3 is 0 Å². The van der Waals surface area contributed by atoms with Gasteiger partial charge in [-0.3, -0.25) is 9.78 Å². The molecule has 4 heterocycles. The van der Waals surface area contributed by atoms with Crippen LogP contribution >= 0.6 is 11.6 Å². The molecule has 8 heteroatoms. The number of hydrogen-bond acceptors (Lipinski definition) is 5. The molecule has 0 spiro atoms. The quantitative estimate of drug-likeness (QED) is 0.675. The summed E-state index contributed by atoms with van der Waals surface area (Å²) in [6, 6.07) is 3.70. The van der Waals surface area contributed by atoms with Crippen LogP contribution < -0.4 is 5.32 Å². The van der Waals surface area contributed by atoms with Crippen molar-refractivity contribution in [3.8, 4) is 0 Å². The zero-order chi connectivity index (χ0) is 21.0. The van der Waals surface area contributed by atoms with Crippen LogP contribution in [0.25, 0.3) is 5.65 Å². The summed E-state index contributed by atoms with van der Waals surface area (Å²) >= 11 is 6.43. The highest BCUT2D eigenvalue weighted by Gasteiger charge is 2.43. The number of anilines is 1. The summed E-state index contributed by atoms with van der Waals surface area (Å²) in [6.45, 7) is 6.97. The van der Waals surface area contributed by atoms with Crippen LogP contribution in [-0.4, -0.2) is 32.1 Å². The molecule has 1 fully saturated rings. The summed E-state index contributed by atoms with van der Waals surface area (Å²) in [5, 5.41) is 8.11. The molecule has 2 atom stereocenters. The van der Waals surface area contributed by atoms with Crippen molar-refractivity contribution in [1.82, 2.24) is 19.6 Å². The minimum Gasteiger partial charge on any atom is -0.372 e. The molecule has 7 nitrogen and oxygen atoms in total. The van der Waals surface area contributed by atoms with Gasteiger partial charge in [0.2, 0.25) is 5.91 Å². The maximum absolute atomic E-state index is 13.2. The molecule has 30 heavy (non-hydrogen) atoms. The summed E-state index contributed by atoms with van der Waals surface area (Å²) in [5.74, 6) is -0.400. The molecule has 1 aliphatic heterocycles. The smallest absolute Gasteiger partial charge is 0.232 e. The van der Waals surface area contributed by atoms with Crippen LogP contribution in [0, 0.1) is 6.92 Å². The van der Waals surface area contributed by atoms with E-state index in [9.17, 15) is 4.79 Å². The van der Waals surface area contributed by atoms with Crippen molar-refractivity contribution in [1.29, 1.82) is 0 Å². The number of fused-ring (bicyclic) bond motifs is 3. The first-order valence-corrected chi connectivity index (χ1v) is 10.6. The van der Waals surface area contributed by atoms with Crippen LogP contribution in [-0.2, 0) is 14.9 Å². The molecule has 3 aromatic rings. The fraction of sp³-hybridized carbons (Fsp3) is 0.455. The van der Waals surface area contributed by atoms with Crippen LogP contribution in [0.2, 0.25) is 5.02 Å². The van der Waals surface area contributed by atoms with Gasteiger partial charge in [-0.05, 0) is 32.3 Å². The number of carbonyl (C=O) groups is 1. The topological polar surface area (TPSA) is 81.4 Å². The molecule has 0 aromatic carbocycles. The second-order valence-corrected chi connectivity index (χ2v) is 9.25. The Balaban J connectivity index is 1.43. The highest BCUT2D eigenvalue weighted by atomic mass is 35.5. The van der Waals surface area contributed by atoms with Gasteiger partial charge in [0.05, 0.1) is 39.9 Å². The minimum absolute atomic E-state index is 0.0595. The van der Waals surface area contributed by atoms with Crippen LogP contribution in [0.5, 0.6) is 0 Å². The molecule has 1 amide bonds. The maximum atomic E-state index is 13.2. The zero-order valence-corrected chi connectivity index (χ0v) is 18.0. The molecule has 1 saturated heterocycles. The number of aryl methyl sites for hydroxylation is 1. The number of aromatic nitrogens is 4. The molecule has 156 valence electrons. The third kappa shape index (κ3) is 3.17. The highest BCUT2D eigenvalue weighted by molar-refractivity contribution is 6.31. The number of halogens is 1. The molecule has 0 radical (unpaired) electrons. The van der Waals surface area contributed by atoms with Gasteiger partial charge in [-0.15, -0.1) is 0 Å². The Labute approximate surface area is 179 Å². The Morgan fingerprint density at radius 3 is 2.87 bits per heavy atom. The lowest BCUT2D eigenvalue weighted by Gasteiger charge is -2.19. The summed E-state index contributed by atoms with van der Waals surface area (Å²) in [7, 11) is 0. The first kappa shape index (κ1) is 19.5. The van der Waals surface area contributed by atoms with Crippen LogP contribution in [0.15, 0.2) is 24.5 Å². The van der Waals surface area contributed by atoms with Crippen molar-refractivity contribution >= 4 is 28.8 Å². The molecule has 0 saturated carbocycles. The van der Waals surface area contributed by atoms with Gasteiger partial charge in [-0.2, -0.15) is 5.10 Å². The van der Waals surface area contributed by atoms with E-state index in [1.807, 2.05) is 23.7 Å². The van der Waals surface area contributed by atoms with Gasteiger partial charge in [-0.25, -0.2) is 9.50 Å². The van der Waals surface area contributed by atoms with Crippen molar-refractivity contribution in [3.05, 3.63) is 52.2 Å². The summed E-state index contributed by atoms with van der Waals surface area (Å²) in [4.78, 5) is 22.2. The van der Waals surface area contributed by atoms with E-state index < -0.39 is 0 Å². The van der Waals surface area contributed by atoms with Crippen LogP contribution in [0.1, 0.15) is 67.8 Å². The van der Waals surface area contributed by atoms with Crippen molar-refractivity contribution < 1.29 is 9.53 Å². The van der Waals surface area contributed by atoms with E-state index in [1.165, 1.54) is 0 Å². The minimum atomic E-state index is -0.312. The fourth-order valence-corrected chi connectivity index (χ4v) is 5.01. The van der Waals surface area contributed by atoms with Crippen molar-refractivity contribution in [3.63, 3.8) is 0 Å². The normalized spacial score (nSPS) is 22.4. The fourth-order valence-electron chi connectivity index (χ4n) is 4.72. The molecule has 1 aliphatic carbocycles. The third-order valence-corrected chi connectivity index (χ3v) is 6.36. The molecule has 1 N–H and O–H groups in total. The van der Waals surface area contributed by atoms with Crippen LogP contribution in [0.4, 0.5) is 5.69 Å². The van der Waals surface area contributed by atoms with Gasteiger partial charge < -0.3 is 10.1 Å². The summed E-state index contributed by atoms with van der Waals surface area (Å²) in [6.07, 6.45) is 6.02. The van der Waals surface area contributed by atoms with Gasteiger partial charge in [0.25, 0.3) is 0 Å². The number of nitrogens with zero attached hydrogens (tertiary/aromatic N) is 4. The highest BCUT2D eigenvalue weighted by Crippen LogP contribution is 2.46. The molecule has 3 aromatic heterocycles.